The SMILES string of the molecule is COc1ccc(C(OC[C@H]2O[C@@H](c3ccc(NC(=O)COc4ccccc4)nc3)C[C@@H]2OP(OCCC#N)N(C(C)C)C(C)C)(c2ccccc2)c2ccc(OC)cc2)cc1. The molecule has 1 aliphatic rings. The zero-order valence-corrected chi connectivity index (χ0v) is 36.5. The van der Waals surface area contributed by atoms with Crippen molar-refractivity contribution in [1.82, 2.24) is 9.65 Å². The molecule has 4 atom stereocenters. The normalized spacial score (nSPS) is 17.0. The number of methoxy groups -OCH3 is 2. The molecule has 6 rings (SSSR count). The quantitative estimate of drug-likeness (QED) is 0.0430. The van der Waals surface area contributed by atoms with Gasteiger partial charge in [0, 0.05) is 24.7 Å². The van der Waals surface area contributed by atoms with Crippen LogP contribution in [0.3, 0.4) is 0 Å². The smallest absolute Gasteiger partial charge is 0.263 e. The van der Waals surface area contributed by atoms with Gasteiger partial charge in [0.25, 0.3) is 14.4 Å². The van der Waals surface area contributed by atoms with Crippen molar-refractivity contribution < 1.29 is 37.5 Å². The Balaban J connectivity index is 1.33. The van der Waals surface area contributed by atoms with Crippen LogP contribution in [0.15, 0.2) is 128 Å². The zero-order valence-electron chi connectivity index (χ0n) is 35.6. The van der Waals surface area contributed by atoms with Crippen molar-refractivity contribution in [3.05, 3.63) is 150 Å². The third kappa shape index (κ3) is 11.5. The molecule has 13 heteroatoms. The van der Waals surface area contributed by atoms with Crippen molar-refractivity contribution in [2.45, 2.75) is 76.5 Å². The van der Waals surface area contributed by atoms with Crippen LogP contribution >= 0.6 is 8.53 Å². The molecule has 1 N–H and O–H groups in total. The third-order valence-electron chi connectivity index (χ3n) is 10.3. The first-order valence-electron chi connectivity index (χ1n) is 20.5. The van der Waals surface area contributed by atoms with Crippen LogP contribution in [0, 0.1) is 11.3 Å². The number of hydrogen-bond acceptors (Lipinski definition) is 11. The van der Waals surface area contributed by atoms with E-state index in [2.05, 4.69) is 60.9 Å². The van der Waals surface area contributed by atoms with E-state index in [0.29, 0.717) is 18.0 Å². The van der Waals surface area contributed by atoms with Crippen molar-refractivity contribution in [3.8, 4) is 23.3 Å². The van der Waals surface area contributed by atoms with Crippen LogP contribution in [0.25, 0.3) is 0 Å². The van der Waals surface area contributed by atoms with Gasteiger partial charge in [-0.1, -0.05) is 78.9 Å². The first kappa shape index (κ1) is 45.2. The van der Waals surface area contributed by atoms with E-state index in [4.69, 9.17) is 32.7 Å². The topological polar surface area (TPSA) is 134 Å². The number of nitrogens with one attached hydrogen (secondary N) is 1. The summed E-state index contributed by atoms with van der Waals surface area (Å²) in [6.07, 6.45) is 0.951. The Bertz CT molecular complexity index is 2080. The van der Waals surface area contributed by atoms with Gasteiger partial charge in [0.2, 0.25) is 0 Å². The number of nitrogens with zero attached hydrogens (tertiary/aromatic N) is 3. The average molecular weight is 847 g/mol. The number of benzene rings is 4. The number of carbonyl (C=O) groups is 1. The molecule has 1 amide bonds. The lowest BCUT2D eigenvalue weighted by atomic mass is 9.80. The molecular formula is C48H55N4O8P. The number of nitriles is 1. The average Bonchev–Trinajstić information content (AvgIpc) is 3.69. The zero-order chi connectivity index (χ0) is 43.2. The van der Waals surface area contributed by atoms with Crippen LogP contribution in [-0.4, -0.2) is 73.9 Å². The molecule has 0 bridgehead atoms. The molecule has 320 valence electrons. The van der Waals surface area contributed by atoms with Crippen LogP contribution < -0.4 is 19.5 Å². The van der Waals surface area contributed by atoms with Crippen LogP contribution in [0.4, 0.5) is 5.82 Å². The fourth-order valence-corrected chi connectivity index (χ4v) is 9.15. The summed E-state index contributed by atoms with van der Waals surface area (Å²) in [5.41, 5.74) is 2.42. The van der Waals surface area contributed by atoms with Gasteiger partial charge >= 0.3 is 0 Å². The van der Waals surface area contributed by atoms with Crippen molar-refractivity contribution in [3.63, 3.8) is 0 Å². The molecule has 61 heavy (non-hydrogen) atoms. The molecule has 1 unspecified atom stereocenters. The molecule has 1 saturated heterocycles. The standard InChI is InChI=1S/C48H55N4O8P/c1-34(2)52(35(3)4)61(58-29-13-28-49)60-44-30-43(36-18-27-46(50-31-36)51-47(53)33-56-42-16-11-8-12-17-42)59-45(44)32-57-48(37-14-9-7-10-15-37,38-19-23-40(54-5)24-20-38)39-21-25-41(55-6)26-22-39/h7-12,14-27,31,34-35,43-45H,13,29-30,32-33H2,1-6H3,(H,50,51,53)/t43-,44+,45-,61?/m1/s1. The van der Waals surface area contributed by atoms with E-state index in [1.807, 2.05) is 91.0 Å². The van der Waals surface area contributed by atoms with Crippen molar-refractivity contribution in [2.24, 2.45) is 0 Å². The largest absolute Gasteiger partial charge is 0.497 e. The van der Waals surface area contributed by atoms with Crippen molar-refractivity contribution in [1.29, 1.82) is 5.26 Å². The lowest BCUT2D eigenvalue weighted by Gasteiger charge is -2.39. The Kier molecular flexibility index (Phi) is 16.2. The van der Waals surface area contributed by atoms with E-state index in [0.717, 1.165) is 33.8 Å². The molecule has 2 heterocycles. The van der Waals surface area contributed by atoms with Crippen molar-refractivity contribution >= 4 is 20.3 Å². The van der Waals surface area contributed by atoms with Crippen LogP contribution in [0.1, 0.15) is 68.9 Å². The maximum atomic E-state index is 12.7. The number of carbonyl (C=O) groups excluding carboxylic acids is 1. The van der Waals surface area contributed by atoms with Gasteiger partial charge in [0.1, 0.15) is 34.8 Å². The molecular weight excluding hydrogens is 792 g/mol. The number of pyridine rings is 1. The molecule has 0 spiro atoms. The number of aromatic nitrogens is 1. The van der Waals surface area contributed by atoms with E-state index in [9.17, 15) is 10.1 Å². The molecule has 1 aliphatic heterocycles. The Hall–Kier alpha value is -5.38. The van der Waals surface area contributed by atoms with Crippen LogP contribution in [0.2, 0.25) is 0 Å². The summed E-state index contributed by atoms with van der Waals surface area (Å²) in [6.45, 7) is 8.65. The second kappa shape index (κ2) is 21.9. The van der Waals surface area contributed by atoms with E-state index < -0.39 is 32.4 Å². The number of para-hydroxylation sites is 1. The Morgan fingerprint density at radius 3 is 1.97 bits per heavy atom. The van der Waals surface area contributed by atoms with Gasteiger partial charge < -0.3 is 38.0 Å². The number of anilines is 1. The highest BCUT2D eigenvalue weighted by Gasteiger charge is 2.45. The minimum Gasteiger partial charge on any atom is -0.497 e. The second-order valence-corrected chi connectivity index (χ2v) is 16.4. The Morgan fingerprint density at radius 2 is 1.43 bits per heavy atom. The van der Waals surface area contributed by atoms with Gasteiger partial charge in [0.15, 0.2) is 6.61 Å². The maximum Gasteiger partial charge on any atom is 0.263 e. The summed E-state index contributed by atoms with van der Waals surface area (Å²) < 4.78 is 46.6. The Labute approximate surface area is 360 Å². The number of hydrogen-bond donors (Lipinski definition) is 1. The molecule has 4 aromatic carbocycles. The highest BCUT2D eigenvalue weighted by atomic mass is 31.2. The van der Waals surface area contributed by atoms with Crippen LogP contribution in [0.5, 0.6) is 17.2 Å². The minimum absolute atomic E-state index is 0.0990. The minimum atomic E-state index is -1.61. The number of rotatable bonds is 21. The lowest BCUT2D eigenvalue weighted by molar-refractivity contribution is -0.118. The summed E-state index contributed by atoms with van der Waals surface area (Å²) in [4.78, 5) is 17.3. The summed E-state index contributed by atoms with van der Waals surface area (Å²) >= 11 is 0. The van der Waals surface area contributed by atoms with Gasteiger partial charge in [-0.25, -0.2) is 9.65 Å². The van der Waals surface area contributed by atoms with E-state index in [-0.39, 0.29) is 44.2 Å². The predicted octanol–water partition coefficient (Wildman–Crippen LogP) is 9.62. The third-order valence-corrected chi connectivity index (χ3v) is 12.4. The molecule has 12 nitrogen and oxygen atoms in total. The molecule has 0 radical (unpaired) electrons. The Morgan fingerprint density at radius 1 is 0.836 bits per heavy atom. The molecule has 5 aromatic rings. The summed E-state index contributed by atoms with van der Waals surface area (Å²) in [5, 5.41) is 12.2. The summed E-state index contributed by atoms with van der Waals surface area (Å²) in [6, 6.07) is 41.1. The van der Waals surface area contributed by atoms with Crippen molar-refractivity contribution in [2.75, 3.05) is 39.4 Å². The molecule has 1 aromatic heterocycles. The molecule has 0 aliphatic carbocycles. The maximum absolute atomic E-state index is 12.7. The lowest BCUT2D eigenvalue weighted by Crippen LogP contribution is -2.39. The highest BCUT2D eigenvalue weighted by Crippen LogP contribution is 2.51. The first-order valence-corrected chi connectivity index (χ1v) is 21.6. The molecule has 1 fully saturated rings. The van der Waals surface area contributed by atoms with Crippen LogP contribution in [-0.2, 0) is 28.9 Å². The van der Waals surface area contributed by atoms with Gasteiger partial charge in [-0.3, -0.25) is 4.79 Å². The monoisotopic (exact) mass is 846 g/mol. The second-order valence-electron chi connectivity index (χ2n) is 15.0. The fraction of sp³-hybridized carbons (Fsp3) is 0.354. The van der Waals surface area contributed by atoms with Gasteiger partial charge in [-0.15, -0.1) is 0 Å². The number of ether oxygens (including phenoxy) is 5. The van der Waals surface area contributed by atoms with Gasteiger partial charge in [0.05, 0.1) is 52.1 Å². The molecule has 0 saturated carbocycles. The van der Waals surface area contributed by atoms with E-state index in [1.165, 1.54) is 0 Å². The summed E-state index contributed by atoms with van der Waals surface area (Å²) in [5.74, 6) is 2.11. The number of amides is 1. The fourth-order valence-electron chi connectivity index (χ4n) is 7.39. The van der Waals surface area contributed by atoms with Gasteiger partial charge in [-0.2, -0.15) is 5.26 Å². The van der Waals surface area contributed by atoms with E-state index >= 15 is 0 Å². The highest BCUT2D eigenvalue weighted by molar-refractivity contribution is 7.44. The summed E-state index contributed by atoms with van der Waals surface area (Å²) in [7, 11) is 1.68. The van der Waals surface area contributed by atoms with Gasteiger partial charge in [-0.05, 0) is 92.4 Å². The first-order chi connectivity index (χ1) is 29.6. The van der Waals surface area contributed by atoms with E-state index in [1.54, 1.807) is 38.6 Å². The predicted molar refractivity (Wildman–Crippen MR) is 235 cm³/mol.